The molecule has 0 saturated carbocycles. The van der Waals surface area contributed by atoms with Crippen molar-refractivity contribution in [3.8, 4) is 6.07 Å². The number of nitrogens with two attached hydrogens (primary N) is 1. The van der Waals surface area contributed by atoms with Gasteiger partial charge in [-0.1, -0.05) is 42.5 Å². The number of carbonyl (C=O) groups is 1. The number of benzene rings is 2. The third kappa shape index (κ3) is 5.67. The Morgan fingerprint density at radius 3 is 2.58 bits per heavy atom. The summed E-state index contributed by atoms with van der Waals surface area (Å²) >= 11 is 0. The van der Waals surface area contributed by atoms with Crippen LogP contribution in [0.2, 0.25) is 0 Å². The van der Waals surface area contributed by atoms with E-state index < -0.39 is 0 Å². The number of rotatable bonds is 10. The first-order chi connectivity index (χ1) is 16.2. The van der Waals surface area contributed by atoms with Crippen LogP contribution < -0.4 is 5.73 Å². The lowest BCUT2D eigenvalue weighted by atomic mass is 10.1. The Morgan fingerprint density at radius 2 is 1.85 bits per heavy atom. The standard InChI is InChI=1S/C26H30N6O/c27-12-4-13-30(25-11-14-31(26(25)33)17-22-5-2-1-3-6-22)19-24-16-29-20-32(24)18-23-9-7-21(15-28)8-10-23/h1-3,5-10,16,20,25H,4,11-14,17-19,27H2/t25-/m1/s1. The summed E-state index contributed by atoms with van der Waals surface area (Å²) in [6, 6.07) is 19.8. The molecule has 0 unspecified atom stereocenters. The van der Waals surface area contributed by atoms with E-state index in [-0.39, 0.29) is 11.9 Å². The second-order valence-electron chi connectivity index (χ2n) is 8.48. The second-order valence-corrected chi connectivity index (χ2v) is 8.48. The van der Waals surface area contributed by atoms with Gasteiger partial charge in [0.1, 0.15) is 0 Å². The molecule has 1 fully saturated rings. The van der Waals surface area contributed by atoms with Crippen molar-refractivity contribution in [1.29, 1.82) is 5.26 Å². The summed E-state index contributed by atoms with van der Waals surface area (Å²) in [5, 5.41) is 9.02. The summed E-state index contributed by atoms with van der Waals surface area (Å²) in [5.74, 6) is 0.189. The normalized spacial score (nSPS) is 15.8. The topological polar surface area (TPSA) is 91.2 Å². The second kappa shape index (κ2) is 10.9. The van der Waals surface area contributed by atoms with Crippen molar-refractivity contribution in [2.75, 3.05) is 19.6 Å². The van der Waals surface area contributed by atoms with Gasteiger partial charge in [0, 0.05) is 38.9 Å². The molecule has 1 saturated heterocycles. The molecule has 4 rings (SSSR count). The van der Waals surface area contributed by atoms with Crippen LogP contribution in [0.15, 0.2) is 67.1 Å². The summed E-state index contributed by atoms with van der Waals surface area (Å²) < 4.78 is 2.11. The summed E-state index contributed by atoms with van der Waals surface area (Å²) in [4.78, 5) is 21.9. The smallest absolute Gasteiger partial charge is 0.240 e. The number of amides is 1. The Bertz CT molecular complexity index is 1090. The van der Waals surface area contributed by atoms with Gasteiger partial charge in [0.15, 0.2) is 0 Å². The molecule has 1 aliphatic heterocycles. The molecule has 170 valence electrons. The highest BCUT2D eigenvalue weighted by atomic mass is 16.2. The van der Waals surface area contributed by atoms with Crippen LogP contribution in [0.4, 0.5) is 0 Å². The van der Waals surface area contributed by atoms with E-state index in [2.05, 4.69) is 32.7 Å². The molecule has 0 radical (unpaired) electrons. The first kappa shape index (κ1) is 22.7. The van der Waals surface area contributed by atoms with Gasteiger partial charge in [-0.2, -0.15) is 5.26 Å². The molecule has 1 aliphatic rings. The highest BCUT2D eigenvalue weighted by Crippen LogP contribution is 2.22. The van der Waals surface area contributed by atoms with Crippen molar-refractivity contribution in [1.82, 2.24) is 19.4 Å². The quantitative estimate of drug-likeness (QED) is 0.521. The lowest BCUT2D eigenvalue weighted by Gasteiger charge is -2.28. The number of hydrogen-bond acceptors (Lipinski definition) is 5. The minimum atomic E-state index is -0.140. The highest BCUT2D eigenvalue weighted by Gasteiger charge is 2.36. The highest BCUT2D eigenvalue weighted by molar-refractivity contribution is 5.84. The summed E-state index contributed by atoms with van der Waals surface area (Å²) in [6.45, 7) is 4.10. The summed E-state index contributed by atoms with van der Waals surface area (Å²) in [6.07, 6.45) is 5.36. The van der Waals surface area contributed by atoms with Gasteiger partial charge in [-0.05, 0) is 42.6 Å². The molecular formula is C26H30N6O. The average molecular weight is 443 g/mol. The van der Waals surface area contributed by atoms with Crippen molar-refractivity contribution in [2.24, 2.45) is 5.73 Å². The number of imidazole rings is 1. The fraction of sp³-hybridized carbons (Fsp3) is 0.346. The lowest BCUT2D eigenvalue weighted by molar-refractivity contribution is -0.132. The van der Waals surface area contributed by atoms with Gasteiger partial charge in [-0.15, -0.1) is 0 Å². The van der Waals surface area contributed by atoms with E-state index in [1.807, 2.05) is 59.9 Å². The van der Waals surface area contributed by atoms with Crippen LogP contribution in [0.5, 0.6) is 0 Å². The van der Waals surface area contributed by atoms with Crippen molar-refractivity contribution < 1.29 is 4.79 Å². The summed E-state index contributed by atoms with van der Waals surface area (Å²) in [7, 11) is 0. The monoisotopic (exact) mass is 442 g/mol. The summed E-state index contributed by atoms with van der Waals surface area (Å²) in [5.41, 5.74) is 9.78. The average Bonchev–Trinajstić information content (AvgIpc) is 3.44. The molecule has 33 heavy (non-hydrogen) atoms. The van der Waals surface area contributed by atoms with Crippen molar-refractivity contribution in [3.63, 3.8) is 0 Å². The Kier molecular flexibility index (Phi) is 7.51. The largest absolute Gasteiger partial charge is 0.337 e. The minimum Gasteiger partial charge on any atom is -0.337 e. The molecule has 1 atom stereocenters. The number of aromatic nitrogens is 2. The van der Waals surface area contributed by atoms with Crippen LogP contribution in [0.25, 0.3) is 0 Å². The van der Waals surface area contributed by atoms with E-state index in [9.17, 15) is 4.79 Å². The van der Waals surface area contributed by atoms with Gasteiger partial charge in [-0.3, -0.25) is 9.69 Å². The van der Waals surface area contributed by atoms with Crippen LogP contribution in [0, 0.1) is 11.3 Å². The molecule has 2 heterocycles. The molecule has 0 bridgehead atoms. The molecule has 2 N–H and O–H groups in total. The SMILES string of the molecule is N#Cc1ccc(Cn2cncc2CN(CCCN)[C@@H]2CCN(Cc3ccccc3)C2=O)cc1. The van der Waals surface area contributed by atoms with Crippen LogP contribution in [0.1, 0.15) is 35.2 Å². The molecule has 2 aromatic carbocycles. The Morgan fingerprint density at radius 1 is 1.09 bits per heavy atom. The van der Waals surface area contributed by atoms with Crippen LogP contribution in [-0.2, 0) is 24.4 Å². The Balaban J connectivity index is 1.46. The fourth-order valence-electron chi connectivity index (χ4n) is 4.37. The van der Waals surface area contributed by atoms with E-state index in [0.29, 0.717) is 31.7 Å². The van der Waals surface area contributed by atoms with Crippen LogP contribution in [0.3, 0.4) is 0 Å². The van der Waals surface area contributed by atoms with E-state index in [4.69, 9.17) is 11.0 Å². The Labute approximate surface area is 195 Å². The first-order valence-electron chi connectivity index (χ1n) is 11.4. The number of carbonyl (C=O) groups excluding carboxylic acids is 1. The van der Waals surface area contributed by atoms with Crippen molar-refractivity contribution in [3.05, 3.63) is 89.5 Å². The third-order valence-electron chi connectivity index (χ3n) is 6.18. The number of hydrogen-bond donors (Lipinski definition) is 1. The van der Waals surface area contributed by atoms with Gasteiger partial charge in [0.2, 0.25) is 5.91 Å². The Hall–Kier alpha value is -3.47. The lowest BCUT2D eigenvalue weighted by Crippen LogP contribution is -2.42. The zero-order chi connectivity index (χ0) is 23.0. The van der Waals surface area contributed by atoms with Gasteiger partial charge in [-0.25, -0.2) is 4.98 Å². The molecule has 7 nitrogen and oxygen atoms in total. The molecule has 0 spiro atoms. The van der Waals surface area contributed by atoms with Crippen LogP contribution in [-0.4, -0.2) is 50.9 Å². The van der Waals surface area contributed by atoms with Crippen LogP contribution >= 0.6 is 0 Å². The number of nitrogens with zero attached hydrogens (tertiary/aromatic N) is 5. The van der Waals surface area contributed by atoms with E-state index in [0.717, 1.165) is 42.8 Å². The molecule has 1 aromatic heterocycles. The maximum Gasteiger partial charge on any atom is 0.240 e. The molecular weight excluding hydrogens is 412 g/mol. The zero-order valence-corrected chi connectivity index (χ0v) is 18.8. The maximum atomic E-state index is 13.3. The van der Waals surface area contributed by atoms with Crippen molar-refractivity contribution >= 4 is 5.91 Å². The predicted octanol–water partition coefficient (Wildman–Crippen LogP) is 2.75. The third-order valence-corrected chi connectivity index (χ3v) is 6.18. The van der Waals surface area contributed by atoms with Gasteiger partial charge in [0.25, 0.3) is 0 Å². The minimum absolute atomic E-state index is 0.140. The molecule has 3 aromatic rings. The molecule has 0 aliphatic carbocycles. The number of nitriles is 1. The predicted molar refractivity (Wildman–Crippen MR) is 127 cm³/mol. The van der Waals surface area contributed by atoms with E-state index >= 15 is 0 Å². The molecule has 7 heteroatoms. The van der Waals surface area contributed by atoms with Crippen molar-refractivity contribution in [2.45, 2.75) is 38.5 Å². The fourth-order valence-corrected chi connectivity index (χ4v) is 4.37. The zero-order valence-electron chi connectivity index (χ0n) is 18.8. The number of likely N-dealkylation sites (tertiary alicyclic amines) is 1. The van der Waals surface area contributed by atoms with Gasteiger partial charge in [0.05, 0.1) is 29.7 Å². The van der Waals surface area contributed by atoms with E-state index in [1.165, 1.54) is 0 Å². The maximum absolute atomic E-state index is 13.3. The van der Waals surface area contributed by atoms with Gasteiger partial charge < -0.3 is 15.2 Å². The first-order valence-corrected chi connectivity index (χ1v) is 11.4. The van der Waals surface area contributed by atoms with Gasteiger partial charge >= 0.3 is 0 Å². The van der Waals surface area contributed by atoms with E-state index in [1.54, 1.807) is 0 Å². The molecule has 1 amide bonds.